The van der Waals surface area contributed by atoms with E-state index in [9.17, 15) is 24.6 Å². The van der Waals surface area contributed by atoms with Gasteiger partial charge in [-0.2, -0.15) is 0 Å². The Morgan fingerprint density at radius 3 is 2.07 bits per heavy atom. The number of Topliss-reactive ketones (excluding diaryl/α,β-unsaturated/α-hetero) is 2. The summed E-state index contributed by atoms with van der Waals surface area (Å²) in [6, 6.07) is 2.93. The number of allylic oxidation sites excluding steroid dienone is 4. The van der Waals surface area contributed by atoms with Gasteiger partial charge in [-0.15, -0.1) is 0 Å². The molecule has 0 amide bonds. The number of hydrogen-bond acceptors (Lipinski definition) is 5. The van der Waals surface area contributed by atoms with E-state index in [4.69, 9.17) is 23.2 Å². The maximum atomic E-state index is 13.0. The minimum Gasteiger partial charge on any atom is -0.506 e. The molecule has 1 heterocycles. The van der Waals surface area contributed by atoms with Crippen molar-refractivity contribution in [3.8, 4) is 5.75 Å². The van der Waals surface area contributed by atoms with Crippen molar-refractivity contribution in [2.45, 2.75) is 44.4 Å². The molecule has 4 rings (SSSR count). The van der Waals surface area contributed by atoms with Gasteiger partial charge in [-0.1, -0.05) is 23.2 Å². The van der Waals surface area contributed by atoms with Crippen LogP contribution in [0.4, 0.5) is 0 Å². The SMILES string of the molecule is O=C(O)CN1C2=C(C(=O)CCC2)C(c2cc(Cl)cc(Cl)c2O)C2=C1CCCC2=O. The van der Waals surface area contributed by atoms with E-state index in [0.29, 0.717) is 66.6 Å². The second-order valence-corrected chi connectivity index (χ2v) is 8.36. The van der Waals surface area contributed by atoms with Gasteiger partial charge in [-0.3, -0.25) is 14.4 Å². The highest BCUT2D eigenvalue weighted by Gasteiger charge is 2.44. The molecule has 1 aromatic carbocycles. The van der Waals surface area contributed by atoms with Crippen LogP contribution < -0.4 is 0 Å². The lowest BCUT2D eigenvalue weighted by molar-refractivity contribution is -0.138. The zero-order chi connectivity index (χ0) is 20.9. The summed E-state index contributed by atoms with van der Waals surface area (Å²) < 4.78 is 0. The first kappa shape index (κ1) is 20.0. The first-order chi connectivity index (χ1) is 13.8. The van der Waals surface area contributed by atoms with Gasteiger partial charge < -0.3 is 15.1 Å². The van der Waals surface area contributed by atoms with Crippen molar-refractivity contribution >= 4 is 40.7 Å². The second kappa shape index (κ2) is 7.50. The first-order valence-corrected chi connectivity index (χ1v) is 10.2. The fourth-order valence-electron chi connectivity index (χ4n) is 4.66. The van der Waals surface area contributed by atoms with Gasteiger partial charge in [-0.25, -0.2) is 0 Å². The van der Waals surface area contributed by atoms with Gasteiger partial charge in [0.15, 0.2) is 11.6 Å². The molecule has 0 radical (unpaired) electrons. The number of aromatic hydroxyl groups is 1. The van der Waals surface area contributed by atoms with Crippen molar-refractivity contribution in [3.63, 3.8) is 0 Å². The molecule has 8 heteroatoms. The average molecular weight is 436 g/mol. The molecule has 0 bridgehead atoms. The van der Waals surface area contributed by atoms with Crippen LogP contribution in [0, 0.1) is 0 Å². The highest BCUT2D eigenvalue weighted by atomic mass is 35.5. The molecule has 0 unspecified atom stereocenters. The normalized spacial score (nSPS) is 20.1. The summed E-state index contributed by atoms with van der Waals surface area (Å²) in [7, 11) is 0. The van der Waals surface area contributed by atoms with Crippen molar-refractivity contribution in [2.75, 3.05) is 6.54 Å². The number of rotatable bonds is 3. The van der Waals surface area contributed by atoms with Crippen LogP contribution in [0.2, 0.25) is 10.0 Å². The number of carbonyl (C=O) groups is 3. The molecular weight excluding hydrogens is 417 g/mol. The van der Waals surface area contributed by atoms with E-state index >= 15 is 0 Å². The molecule has 2 aliphatic carbocycles. The number of carboxylic acid groups (broad SMARTS) is 1. The molecule has 0 saturated heterocycles. The molecular formula is C21H19Cl2NO5. The summed E-state index contributed by atoms with van der Waals surface area (Å²) in [6.45, 7) is -0.312. The molecule has 2 N–H and O–H groups in total. The van der Waals surface area contributed by atoms with Gasteiger partial charge in [0.2, 0.25) is 0 Å². The number of nitrogens with zero attached hydrogens (tertiary/aromatic N) is 1. The summed E-state index contributed by atoms with van der Waals surface area (Å²) in [4.78, 5) is 39.2. The zero-order valence-corrected chi connectivity index (χ0v) is 17.0. The Balaban J connectivity index is 2.02. The first-order valence-electron chi connectivity index (χ1n) is 9.49. The molecule has 0 atom stereocenters. The highest BCUT2D eigenvalue weighted by Crippen LogP contribution is 2.51. The quantitative estimate of drug-likeness (QED) is 0.738. The Labute approximate surface area is 177 Å². The predicted octanol–water partition coefficient (Wildman–Crippen LogP) is 4.20. The van der Waals surface area contributed by atoms with Crippen LogP contribution in [0.5, 0.6) is 5.75 Å². The van der Waals surface area contributed by atoms with Gasteiger partial charge in [0.1, 0.15) is 12.3 Å². The summed E-state index contributed by atoms with van der Waals surface area (Å²) in [5, 5.41) is 20.4. The van der Waals surface area contributed by atoms with Crippen LogP contribution >= 0.6 is 23.2 Å². The second-order valence-electron chi connectivity index (χ2n) is 7.51. The summed E-state index contributed by atoms with van der Waals surface area (Å²) in [5.41, 5.74) is 2.30. The number of halogens is 2. The fourth-order valence-corrected chi connectivity index (χ4v) is 5.17. The van der Waals surface area contributed by atoms with E-state index < -0.39 is 11.9 Å². The highest BCUT2D eigenvalue weighted by molar-refractivity contribution is 6.35. The summed E-state index contributed by atoms with van der Waals surface area (Å²) in [6.07, 6.45) is 2.90. The third kappa shape index (κ3) is 3.34. The largest absolute Gasteiger partial charge is 0.506 e. The van der Waals surface area contributed by atoms with E-state index in [-0.39, 0.29) is 33.9 Å². The number of carboxylic acids is 1. The number of phenolic OH excluding ortho intramolecular Hbond substituents is 1. The molecule has 0 fully saturated rings. The van der Waals surface area contributed by atoms with E-state index in [1.54, 1.807) is 4.90 Å². The topological polar surface area (TPSA) is 94.9 Å². The number of hydrogen-bond donors (Lipinski definition) is 2. The Morgan fingerprint density at radius 2 is 1.55 bits per heavy atom. The van der Waals surface area contributed by atoms with Crippen LogP contribution in [0.1, 0.15) is 50.0 Å². The van der Waals surface area contributed by atoms with Crippen molar-refractivity contribution in [1.82, 2.24) is 4.90 Å². The maximum absolute atomic E-state index is 13.0. The van der Waals surface area contributed by atoms with Crippen LogP contribution in [0.25, 0.3) is 0 Å². The lowest BCUT2D eigenvalue weighted by atomic mass is 9.70. The minimum atomic E-state index is -1.04. The number of benzene rings is 1. The molecule has 1 aliphatic heterocycles. The molecule has 1 aromatic rings. The molecule has 0 aromatic heterocycles. The van der Waals surface area contributed by atoms with Gasteiger partial charge in [0, 0.05) is 51.9 Å². The van der Waals surface area contributed by atoms with Crippen molar-refractivity contribution in [3.05, 3.63) is 50.3 Å². The van der Waals surface area contributed by atoms with E-state index in [2.05, 4.69) is 0 Å². The molecule has 3 aliphatic rings. The number of carbonyl (C=O) groups excluding carboxylic acids is 2. The van der Waals surface area contributed by atoms with E-state index in [1.165, 1.54) is 12.1 Å². The Morgan fingerprint density at radius 1 is 1.00 bits per heavy atom. The van der Waals surface area contributed by atoms with Gasteiger partial charge in [0.25, 0.3) is 0 Å². The number of phenols is 1. The summed E-state index contributed by atoms with van der Waals surface area (Å²) >= 11 is 12.3. The lowest BCUT2D eigenvalue weighted by Crippen LogP contribution is -2.41. The summed E-state index contributed by atoms with van der Waals surface area (Å²) in [5.74, 6) is -2.34. The Bertz CT molecular complexity index is 967. The molecule has 0 saturated carbocycles. The fraction of sp³-hybridized carbons (Fsp3) is 0.381. The number of ketones is 2. The molecule has 6 nitrogen and oxygen atoms in total. The average Bonchev–Trinajstić information content (AvgIpc) is 2.65. The zero-order valence-electron chi connectivity index (χ0n) is 15.5. The van der Waals surface area contributed by atoms with Gasteiger partial charge >= 0.3 is 5.97 Å². The Hall–Kier alpha value is -2.31. The van der Waals surface area contributed by atoms with Crippen molar-refractivity contribution in [2.24, 2.45) is 0 Å². The van der Waals surface area contributed by atoms with Crippen molar-refractivity contribution in [1.29, 1.82) is 0 Å². The third-order valence-corrected chi connectivity index (χ3v) is 6.25. The Kier molecular flexibility index (Phi) is 5.17. The lowest BCUT2D eigenvalue weighted by Gasteiger charge is -2.43. The van der Waals surface area contributed by atoms with E-state index in [0.717, 1.165) is 0 Å². The van der Waals surface area contributed by atoms with E-state index in [1.807, 2.05) is 0 Å². The maximum Gasteiger partial charge on any atom is 0.323 e. The minimum absolute atomic E-state index is 0.0382. The van der Waals surface area contributed by atoms with Crippen LogP contribution in [0.15, 0.2) is 34.7 Å². The predicted molar refractivity (Wildman–Crippen MR) is 107 cm³/mol. The van der Waals surface area contributed by atoms with Gasteiger partial charge in [-0.05, 0) is 37.8 Å². The van der Waals surface area contributed by atoms with Crippen LogP contribution in [0.3, 0.4) is 0 Å². The van der Waals surface area contributed by atoms with Crippen LogP contribution in [-0.2, 0) is 14.4 Å². The van der Waals surface area contributed by atoms with Gasteiger partial charge in [0.05, 0.1) is 5.02 Å². The van der Waals surface area contributed by atoms with Crippen molar-refractivity contribution < 1.29 is 24.6 Å². The standard InChI is InChI=1S/C21H19Cl2NO5/c22-10-7-11(21(29)12(23)8-10)18-19-13(3-1-5-15(19)25)24(9-17(27)28)14-4-2-6-16(26)20(14)18/h7-8,18,29H,1-6,9H2,(H,27,28). The molecule has 0 spiro atoms. The smallest absolute Gasteiger partial charge is 0.323 e. The monoisotopic (exact) mass is 435 g/mol. The third-order valence-electron chi connectivity index (χ3n) is 5.75. The number of aliphatic carboxylic acids is 1. The molecule has 29 heavy (non-hydrogen) atoms. The molecule has 152 valence electrons. The van der Waals surface area contributed by atoms with Crippen LogP contribution in [-0.4, -0.2) is 39.2 Å².